The second-order valence-electron chi connectivity index (χ2n) is 7.42. The first kappa shape index (κ1) is 26.5. The van der Waals surface area contributed by atoms with E-state index in [0.717, 1.165) is 19.0 Å². The van der Waals surface area contributed by atoms with Gasteiger partial charge in [-0.05, 0) is 63.2 Å². The zero-order valence-electron chi connectivity index (χ0n) is 18.7. The molecule has 1 fully saturated rings. The van der Waals surface area contributed by atoms with Crippen LogP contribution in [0.25, 0.3) is 0 Å². The molecule has 1 aliphatic rings. The summed E-state index contributed by atoms with van der Waals surface area (Å²) in [6, 6.07) is 6.62. The van der Waals surface area contributed by atoms with Crippen molar-refractivity contribution in [3.05, 3.63) is 29.3 Å². The lowest BCUT2D eigenvalue weighted by atomic mass is 10.1. The number of halogens is 1. The first-order valence-corrected chi connectivity index (χ1v) is 12.0. The van der Waals surface area contributed by atoms with E-state index < -0.39 is 0 Å². The molecular weight excluding hydrogens is 493 g/mol. The highest BCUT2D eigenvalue weighted by atomic mass is 127. The summed E-state index contributed by atoms with van der Waals surface area (Å²) >= 11 is 1.80. The predicted molar refractivity (Wildman–Crippen MR) is 139 cm³/mol. The Labute approximate surface area is 199 Å². The normalized spacial score (nSPS) is 15.8. The van der Waals surface area contributed by atoms with E-state index in [-0.39, 0.29) is 24.0 Å². The van der Waals surface area contributed by atoms with Gasteiger partial charge in [0.2, 0.25) is 0 Å². The number of nitrogens with zero attached hydrogens (tertiary/aromatic N) is 3. The largest absolute Gasteiger partial charge is 0.357 e. The van der Waals surface area contributed by atoms with Gasteiger partial charge in [-0.15, -0.1) is 35.7 Å². The Morgan fingerprint density at radius 2 is 1.79 bits per heavy atom. The van der Waals surface area contributed by atoms with E-state index in [2.05, 4.69) is 65.7 Å². The zero-order valence-corrected chi connectivity index (χ0v) is 21.8. The summed E-state index contributed by atoms with van der Waals surface area (Å²) in [5.41, 5.74) is 2.60. The molecule has 0 saturated carbocycles. The smallest absolute Gasteiger partial charge is 0.191 e. The van der Waals surface area contributed by atoms with E-state index in [9.17, 15) is 0 Å². The average Bonchev–Trinajstić information content (AvgIpc) is 2.72. The monoisotopic (exact) mass is 533 g/mol. The number of unbranched alkanes of at least 4 members (excludes halogenated alkanes) is 1. The average molecular weight is 534 g/mol. The van der Waals surface area contributed by atoms with Crippen LogP contribution in [-0.2, 0) is 6.54 Å². The summed E-state index contributed by atoms with van der Waals surface area (Å²) in [5.74, 6) is 0.923. The van der Waals surface area contributed by atoms with E-state index >= 15 is 0 Å². The van der Waals surface area contributed by atoms with Crippen LogP contribution in [0.1, 0.15) is 37.8 Å². The number of thioether (sulfide) groups is 1. The van der Waals surface area contributed by atoms with Gasteiger partial charge in [0.25, 0.3) is 0 Å². The summed E-state index contributed by atoms with van der Waals surface area (Å²) < 4.78 is 0. The van der Waals surface area contributed by atoms with Crippen molar-refractivity contribution in [1.82, 2.24) is 20.4 Å². The number of nitrogens with one attached hydrogen (secondary N) is 2. The van der Waals surface area contributed by atoms with E-state index in [1.807, 2.05) is 0 Å². The molecule has 0 aliphatic carbocycles. The van der Waals surface area contributed by atoms with Crippen LogP contribution in [0.2, 0.25) is 0 Å². The molecule has 0 radical (unpaired) electrons. The summed E-state index contributed by atoms with van der Waals surface area (Å²) in [6.45, 7) is 16.4. The van der Waals surface area contributed by atoms with Gasteiger partial charge < -0.3 is 20.4 Å². The molecule has 2 rings (SSSR count). The number of guanidine groups is 1. The van der Waals surface area contributed by atoms with Gasteiger partial charge >= 0.3 is 0 Å². The van der Waals surface area contributed by atoms with Crippen LogP contribution in [0.4, 0.5) is 0 Å². The maximum Gasteiger partial charge on any atom is 0.191 e. The molecule has 1 heterocycles. The number of aliphatic imine (C=N–C) groups is 1. The molecule has 1 saturated heterocycles. The van der Waals surface area contributed by atoms with Crippen molar-refractivity contribution in [3.8, 4) is 0 Å². The molecule has 0 atom stereocenters. The second-order valence-corrected chi connectivity index (χ2v) is 8.27. The van der Waals surface area contributed by atoms with E-state index in [0.29, 0.717) is 6.54 Å². The van der Waals surface area contributed by atoms with Crippen LogP contribution >= 0.6 is 35.7 Å². The number of benzene rings is 1. The number of likely N-dealkylation sites (N-methyl/N-ethyl adjacent to an activating group) is 1. The van der Waals surface area contributed by atoms with E-state index in [4.69, 9.17) is 4.99 Å². The van der Waals surface area contributed by atoms with Crippen molar-refractivity contribution in [2.75, 3.05) is 58.6 Å². The molecule has 7 heteroatoms. The third kappa shape index (κ3) is 9.89. The van der Waals surface area contributed by atoms with Crippen LogP contribution in [0.3, 0.4) is 0 Å². The van der Waals surface area contributed by atoms with Gasteiger partial charge in [0.1, 0.15) is 0 Å². The van der Waals surface area contributed by atoms with Gasteiger partial charge in [0.05, 0.1) is 6.54 Å². The Morgan fingerprint density at radius 3 is 2.45 bits per heavy atom. The van der Waals surface area contributed by atoms with Gasteiger partial charge in [-0.25, -0.2) is 4.99 Å². The maximum absolute atomic E-state index is 4.79. The molecule has 0 spiro atoms. The van der Waals surface area contributed by atoms with Crippen molar-refractivity contribution < 1.29 is 0 Å². The quantitative estimate of drug-likeness (QED) is 0.158. The molecule has 1 aromatic carbocycles. The second kappa shape index (κ2) is 15.3. The molecule has 0 aromatic heterocycles. The number of hydrogen-bond acceptors (Lipinski definition) is 4. The fourth-order valence-electron chi connectivity index (χ4n) is 3.48. The summed E-state index contributed by atoms with van der Waals surface area (Å²) in [5, 5.41) is 6.87. The number of rotatable bonds is 10. The lowest BCUT2D eigenvalue weighted by Crippen LogP contribution is -2.46. The standard InChI is InChI=1S/C22H39N5S.HI/c1-5-23-22(25-18-20-10-9-19(3)17-21(20)28-4)24-11-7-8-12-27-15-13-26(6-2)14-16-27;/h9-10,17H,5-8,11-16,18H2,1-4H3,(H2,23,24,25);1H. The fraction of sp³-hybridized carbons (Fsp3) is 0.682. The van der Waals surface area contributed by atoms with Gasteiger partial charge in [-0.1, -0.05) is 19.1 Å². The van der Waals surface area contributed by atoms with Crippen LogP contribution < -0.4 is 10.6 Å². The highest BCUT2D eigenvalue weighted by Gasteiger charge is 2.14. The van der Waals surface area contributed by atoms with Gasteiger partial charge in [-0.2, -0.15) is 0 Å². The Kier molecular flexibility index (Phi) is 14.0. The third-order valence-electron chi connectivity index (χ3n) is 5.30. The molecule has 1 aromatic rings. The highest BCUT2D eigenvalue weighted by molar-refractivity contribution is 14.0. The number of hydrogen-bond donors (Lipinski definition) is 2. The van der Waals surface area contributed by atoms with Crippen LogP contribution in [0.5, 0.6) is 0 Å². The van der Waals surface area contributed by atoms with Gasteiger partial charge in [-0.3, -0.25) is 0 Å². The molecular formula is C22H40IN5S. The Balaban J connectivity index is 0.00000420. The topological polar surface area (TPSA) is 42.9 Å². The minimum Gasteiger partial charge on any atom is -0.357 e. The van der Waals surface area contributed by atoms with Crippen LogP contribution in [0, 0.1) is 6.92 Å². The fourth-order valence-corrected chi connectivity index (χ4v) is 4.18. The number of piperazine rings is 1. The van der Waals surface area contributed by atoms with Crippen molar-refractivity contribution in [2.45, 2.75) is 45.1 Å². The predicted octanol–water partition coefficient (Wildman–Crippen LogP) is 3.81. The van der Waals surface area contributed by atoms with E-state index in [1.54, 1.807) is 11.8 Å². The Bertz CT molecular complexity index is 603. The molecule has 166 valence electrons. The maximum atomic E-state index is 4.79. The SMILES string of the molecule is CCNC(=NCc1ccc(C)cc1SC)NCCCCN1CCN(CC)CC1.I. The zero-order chi connectivity index (χ0) is 20.2. The van der Waals surface area contributed by atoms with E-state index in [1.165, 1.54) is 68.1 Å². The third-order valence-corrected chi connectivity index (χ3v) is 6.12. The molecule has 5 nitrogen and oxygen atoms in total. The first-order valence-electron chi connectivity index (χ1n) is 10.8. The minimum absolute atomic E-state index is 0. The first-order chi connectivity index (χ1) is 13.7. The van der Waals surface area contributed by atoms with Crippen LogP contribution in [-0.4, -0.2) is 74.4 Å². The summed E-state index contributed by atoms with van der Waals surface area (Å²) in [7, 11) is 0. The number of aryl methyl sites for hydroxylation is 1. The summed E-state index contributed by atoms with van der Waals surface area (Å²) in [4.78, 5) is 11.3. The molecule has 0 bridgehead atoms. The Morgan fingerprint density at radius 1 is 1.07 bits per heavy atom. The van der Waals surface area contributed by atoms with Gasteiger partial charge in [0.15, 0.2) is 5.96 Å². The molecule has 0 unspecified atom stereocenters. The molecule has 0 amide bonds. The van der Waals surface area contributed by atoms with Crippen molar-refractivity contribution in [2.24, 2.45) is 4.99 Å². The van der Waals surface area contributed by atoms with Gasteiger partial charge in [0, 0.05) is 44.2 Å². The van der Waals surface area contributed by atoms with Crippen molar-refractivity contribution >= 4 is 41.7 Å². The highest BCUT2D eigenvalue weighted by Crippen LogP contribution is 2.22. The van der Waals surface area contributed by atoms with Crippen LogP contribution in [0.15, 0.2) is 28.1 Å². The lowest BCUT2D eigenvalue weighted by Gasteiger charge is -2.34. The molecule has 1 aliphatic heterocycles. The van der Waals surface area contributed by atoms with Crippen molar-refractivity contribution in [3.63, 3.8) is 0 Å². The minimum atomic E-state index is 0. The molecule has 2 N–H and O–H groups in total. The van der Waals surface area contributed by atoms with Crippen molar-refractivity contribution in [1.29, 1.82) is 0 Å². The Hall–Kier alpha value is -0.510. The summed E-state index contributed by atoms with van der Waals surface area (Å²) in [6.07, 6.45) is 4.56. The lowest BCUT2D eigenvalue weighted by molar-refractivity contribution is 0.136. The molecule has 29 heavy (non-hydrogen) atoms.